The smallest absolute Gasteiger partial charge is 0.0433 e. The Morgan fingerprint density at radius 1 is 0.250 bits per heavy atom. The van der Waals surface area contributed by atoms with Crippen LogP contribution in [0.5, 0.6) is 0 Å². The molecular weight excluding hydrogens is 713 g/mol. The van der Waals surface area contributed by atoms with Gasteiger partial charge in [-0.25, -0.2) is 0 Å². The maximum absolute atomic E-state index is 2.46. The Balaban J connectivity index is 1.19. The molecule has 2 aromatic heterocycles. The van der Waals surface area contributed by atoms with Gasteiger partial charge in [-0.15, -0.1) is 22.7 Å². The summed E-state index contributed by atoms with van der Waals surface area (Å²) in [5, 5.41) is 12.8. The summed E-state index contributed by atoms with van der Waals surface area (Å²) in [6, 6.07) is 72.3. The monoisotopic (exact) mass is 744 g/mol. The summed E-state index contributed by atoms with van der Waals surface area (Å²) >= 11 is 3.80. The third kappa shape index (κ3) is 4.83. The lowest BCUT2D eigenvalue weighted by atomic mass is 9.84. The van der Waals surface area contributed by atoms with Crippen molar-refractivity contribution in [1.82, 2.24) is 0 Å². The van der Waals surface area contributed by atoms with Crippen LogP contribution >= 0.6 is 22.7 Å². The third-order valence-corrected chi connectivity index (χ3v) is 14.1. The summed E-state index contributed by atoms with van der Waals surface area (Å²) in [5.41, 5.74) is 10.0. The maximum atomic E-state index is 2.46. The van der Waals surface area contributed by atoms with Crippen LogP contribution in [0.1, 0.15) is 0 Å². The summed E-state index contributed by atoms with van der Waals surface area (Å²) in [4.78, 5) is 0. The number of hydrogen-bond acceptors (Lipinski definition) is 2. The van der Waals surface area contributed by atoms with Gasteiger partial charge in [0, 0.05) is 40.3 Å². The van der Waals surface area contributed by atoms with Crippen molar-refractivity contribution in [3.05, 3.63) is 194 Å². The number of rotatable bonds is 4. The van der Waals surface area contributed by atoms with Crippen LogP contribution in [-0.4, -0.2) is 0 Å². The number of fused-ring (bicyclic) bond motifs is 9. The van der Waals surface area contributed by atoms with Crippen LogP contribution in [0.25, 0.3) is 117 Å². The van der Waals surface area contributed by atoms with Crippen LogP contribution in [0.4, 0.5) is 0 Å². The van der Waals surface area contributed by atoms with Crippen molar-refractivity contribution in [3.63, 3.8) is 0 Å². The third-order valence-electron chi connectivity index (χ3n) is 11.6. The largest absolute Gasteiger partial charge is 0.135 e. The summed E-state index contributed by atoms with van der Waals surface area (Å²) in [7, 11) is 0. The fourth-order valence-corrected chi connectivity index (χ4v) is 11.6. The molecule has 0 aliphatic rings. The van der Waals surface area contributed by atoms with E-state index in [1.54, 1.807) is 0 Å². The molecule has 0 fully saturated rings. The van der Waals surface area contributed by atoms with E-state index >= 15 is 0 Å². The molecule has 0 radical (unpaired) electrons. The summed E-state index contributed by atoms with van der Waals surface area (Å²) in [5.74, 6) is 0. The summed E-state index contributed by atoms with van der Waals surface area (Å²) in [6.07, 6.45) is 0. The van der Waals surface area contributed by atoms with Crippen molar-refractivity contribution in [2.75, 3.05) is 0 Å². The molecule has 0 aliphatic heterocycles. The minimum absolute atomic E-state index is 1.23. The van der Waals surface area contributed by atoms with E-state index in [9.17, 15) is 0 Å². The molecule has 260 valence electrons. The molecule has 56 heavy (non-hydrogen) atoms. The Hall–Kier alpha value is -6.58. The average molecular weight is 745 g/mol. The van der Waals surface area contributed by atoms with Crippen LogP contribution < -0.4 is 0 Å². The SMILES string of the molecule is c1ccc2cc(-c3c4ccccc4c(-c4cc(-c5cccc6c5sc5ccccc56)cc(-c5cccc6c5sc5ccccc56)c4)c4ccccc34)ccc2c1. The van der Waals surface area contributed by atoms with Crippen LogP contribution in [0.15, 0.2) is 194 Å². The zero-order chi connectivity index (χ0) is 36.7. The molecular formula is C54H32S2. The molecule has 2 heteroatoms. The first-order valence-corrected chi connectivity index (χ1v) is 20.8. The van der Waals surface area contributed by atoms with Crippen LogP contribution in [-0.2, 0) is 0 Å². The molecule has 0 amide bonds. The fourth-order valence-electron chi connectivity index (χ4n) is 9.13. The molecule has 0 atom stereocenters. The number of thiophene rings is 2. The second-order valence-corrected chi connectivity index (χ2v) is 16.9. The van der Waals surface area contributed by atoms with E-state index in [1.807, 2.05) is 22.7 Å². The first-order chi connectivity index (χ1) is 27.8. The van der Waals surface area contributed by atoms with E-state index in [4.69, 9.17) is 0 Å². The van der Waals surface area contributed by atoms with Gasteiger partial charge in [-0.05, 0) is 113 Å². The van der Waals surface area contributed by atoms with Crippen LogP contribution in [0, 0.1) is 0 Å². The molecule has 0 spiro atoms. The first-order valence-electron chi connectivity index (χ1n) is 19.2. The lowest BCUT2D eigenvalue weighted by Gasteiger charge is -2.19. The van der Waals surface area contributed by atoms with Crippen LogP contribution in [0.3, 0.4) is 0 Å². The maximum Gasteiger partial charge on any atom is 0.0433 e. The lowest BCUT2D eigenvalue weighted by Crippen LogP contribution is -1.92. The minimum Gasteiger partial charge on any atom is -0.135 e. The Morgan fingerprint density at radius 3 is 1.20 bits per heavy atom. The summed E-state index contributed by atoms with van der Waals surface area (Å²) in [6.45, 7) is 0. The fraction of sp³-hybridized carbons (Fsp3) is 0. The standard InChI is InChI=1S/C54H32S2/c1-2-14-34-29-35(28-27-33(34)13-1)51-43-17-3-5-19-45(43)52(46-20-6-4-18-44(46)51)38-31-36(39-21-11-23-47-41-15-7-9-25-49(41)55-53(39)47)30-37(32-38)40-22-12-24-48-42-16-8-10-26-50(42)56-54(40)48/h1-32H. The highest BCUT2D eigenvalue weighted by molar-refractivity contribution is 7.26. The van der Waals surface area contributed by atoms with Gasteiger partial charge in [0.05, 0.1) is 0 Å². The van der Waals surface area contributed by atoms with Crippen molar-refractivity contribution >= 4 is 95.3 Å². The molecule has 2 heterocycles. The molecule has 0 aliphatic carbocycles. The second-order valence-electron chi connectivity index (χ2n) is 14.8. The highest BCUT2D eigenvalue weighted by Gasteiger charge is 2.20. The number of benzene rings is 10. The highest BCUT2D eigenvalue weighted by Crippen LogP contribution is 2.48. The van der Waals surface area contributed by atoms with E-state index in [1.165, 1.54) is 117 Å². The molecule has 0 saturated carbocycles. The predicted octanol–water partition coefficient (Wildman–Crippen LogP) is 16.5. The zero-order valence-corrected chi connectivity index (χ0v) is 31.9. The Morgan fingerprint density at radius 2 is 0.661 bits per heavy atom. The molecule has 0 unspecified atom stereocenters. The first kappa shape index (κ1) is 31.7. The van der Waals surface area contributed by atoms with Gasteiger partial charge < -0.3 is 0 Å². The quantitative estimate of drug-likeness (QED) is 0.157. The normalized spacial score (nSPS) is 11.9. The molecule has 10 aromatic carbocycles. The predicted molar refractivity (Wildman–Crippen MR) is 246 cm³/mol. The van der Waals surface area contributed by atoms with E-state index < -0.39 is 0 Å². The number of hydrogen-bond donors (Lipinski definition) is 0. The zero-order valence-electron chi connectivity index (χ0n) is 30.3. The average Bonchev–Trinajstić information content (AvgIpc) is 3.84. The molecule has 12 rings (SSSR count). The van der Waals surface area contributed by atoms with E-state index in [0.29, 0.717) is 0 Å². The van der Waals surface area contributed by atoms with Gasteiger partial charge in [0.25, 0.3) is 0 Å². The van der Waals surface area contributed by atoms with Gasteiger partial charge in [0.1, 0.15) is 0 Å². The van der Waals surface area contributed by atoms with Crippen molar-refractivity contribution in [2.24, 2.45) is 0 Å². The Bertz CT molecular complexity index is 3350. The minimum atomic E-state index is 1.23. The molecule has 0 saturated heterocycles. The molecule has 12 aromatic rings. The summed E-state index contributed by atoms with van der Waals surface area (Å²) < 4.78 is 5.31. The Labute approximate surface area is 332 Å². The highest BCUT2D eigenvalue weighted by atomic mass is 32.1. The van der Waals surface area contributed by atoms with Gasteiger partial charge >= 0.3 is 0 Å². The van der Waals surface area contributed by atoms with Crippen molar-refractivity contribution in [3.8, 4) is 44.5 Å². The molecule has 0 N–H and O–H groups in total. The lowest BCUT2D eigenvalue weighted by molar-refractivity contribution is 1.63. The molecule has 0 nitrogen and oxygen atoms in total. The van der Waals surface area contributed by atoms with E-state index in [0.717, 1.165) is 0 Å². The van der Waals surface area contributed by atoms with Crippen LogP contribution in [0.2, 0.25) is 0 Å². The van der Waals surface area contributed by atoms with E-state index in [2.05, 4.69) is 194 Å². The Kier molecular flexibility index (Phi) is 7.07. The van der Waals surface area contributed by atoms with E-state index in [-0.39, 0.29) is 0 Å². The van der Waals surface area contributed by atoms with Gasteiger partial charge in [0.15, 0.2) is 0 Å². The van der Waals surface area contributed by atoms with Gasteiger partial charge in [-0.3, -0.25) is 0 Å². The van der Waals surface area contributed by atoms with Crippen molar-refractivity contribution in [2.45, 2.75) is 0 Å². The van der Waals surface area contributed by atoms with Gasteiger partial charge in [-0.1, -0.05) is 158 Å². The molecule has 0 bridgehead atoms. The van der Waals surface area contributed by atoms with Crippen molar-refractivity contribution in [1.29, 1.82) is 0 Å². The van der Waals surface area contributed by atoms with Gasteiger partial charge in [-0.2, -0.15) is 0 Å². The van der Waals surface area contributed by atoms with Crippen molar-refractivity contribution < 1.29 is 0 Å². The topological polar surface area (TPSA) is 0 Å². The van der Waals surface area contributed by atoms with Gasteiger partial charge in [0.2, 0.25) is 0 Å². The second kappa shape index (κ2) is 12.5.